The molecule has 0 bridgehead atoms. The zero-order chi connectivity index (χ0) is 17.9. The molecule has 2 N–H and O–H groups in total. The Morgan fingerprint density at radius 3 is 2.79 bits per heavy atom. The molecule has 3 heteroatoms. The molecule has 3 nitrogen and oxygen atoms in total. The van der Waals surface area contributed by atoms with E-state index in [1.807, 2.05) is 12.2 Å². The van der Waals surface area contributed by atoms with Crippen molar-refractivity contribution in [3.05, 3.63) is 37.0 Å². The quantitative estimate of drug-likeness (QED) is 0.525. The van der Waals surface area contributed by atoms with E-state index in [0.717, 1.165) is 19.3 Å². The average molecular weight is 332 g/mol. The first-order chi connectivity index (χ1) is 11.3. The second-order valence-corrected chi connectivity index (χ2v) is 7.69. The van der Waals surface area contributed by atoms with Gasteiger partial charge in [0, 0.05) is 11.8 Å². The van der Waals surface area contributed by atoms with Gasteiger partial charge in [0.05, 0.1) is 11.7 Å². The first kappa shape index (κ1) is 19.1. The van der Waals surface area contributed by atoms with E-state index in [9.17, 15) is 15.0 Å². The van der Waals surface area contributed by atoms with Crippen molar-refractivity contribution in [1.82, 2.24) is 0 Å². The van der Waals surface area contributed by atoms with E-state index in [-0.39, 0.29) is 29.5 Å². The van der Waals surface area contributed by atoms with Crippen LogP contribution in [0.4, 0.5) is 0 Å². The molecule has 0 aromatic rings. The first-order valence-corrected chi connectivity index (χ1v) is 9.26. The molecule has 2 unspecified atom stereocenters. The van der Waals surface area contributed by atoms with Crippen LogP contribution in [-0.2, 0) is 4.79 Å². The van der Waals surface area contributed by atoms with Crippen LogP contribution in [0.25, 0.3) is 0 Å². The monoisotopic (exact) mass is 332 g/mol. The van der Waals surface area contributed by atoms with Gasteiger partial charge in [0.25, 0.3) is 0 Å². The molecule has 0 radical (unpaired) electrons. The highest BCUT2D eigenvalue weighted by Crippen LogP contribution is 2.48. The molecule has 0 aliphatic heterocycles. The van der Waals surface area contributed by atoms with Crippen LogP contribution in [-0.4, -0.2) is 27.7 Å². The van der Waals surface area contributed by atoms with Gasteiger partial charge in [-0.1, -0.05) is 51.5 Å². The van der Waals surface area contributed by atoms with Crippen molar-refractivity contribution in [2.45, 2.75) is 64.1 Å². The van der Waals surface area contributed by atoms with Crippen molar-refractivity contribution in [2.24, 2.45) is 23.7 Å². The number of aliphatic hydroxyl groups is 2. The zero-order valence-corrected chi connectivity index (χ0v) is 15.1. The van der Waals surface area contributed by atoms with E-state index < -0.39 is 11.7 Å². The van der Waals surface area contributed by atoms with Gasteiger partial charge in [-0.05, 0) is 43.1 Å². The Kier molecular flexibility index (Phi) is 6.22. The number of aliphatic hydroxyl groups excluding tert-OH is 1. The summed E-state index contributed by atoms with van der Waals surface area (Å²) in [6.07, 6.45) is 10.0. The number of hydrogen-bond donors (Lipinski definition) is 2. The SMILES string of the molecule is C=CC(O)(C/C=C/[C@H]1[C@@H]2CC(=C)C(=O)[C@H]2C[C@H]1O)C(C)CCCC. The molecule has 2 aliphatic rings. The molecule has 0 heterocycles. The van der Waals surface area contributed by atoms with Crippen LogP contribution in [0.5, 0.6) is 0 Å². The fourth-order valence-electron chi connectivity index (χ4n) is 4.30. The summed E-state index contributed by atoms with van der Waals surface area (Å²) in [6, 6.07) is 0. The van der Waals surface area contributed by atoms with Crippen molar-refractivity contribution in [3.8, 4) is 0 Å². The molecule has 0 aromatic carbocycles. The molecule has 2 saturated carbocycles. The molecule has 24 heavy (non-hydrogen) atoms. The zero-order valence-electron chi connectivity index (χ0n) is 15.1. The molecule has 134 valence electrons. The topological polar surface area (TPSA) is 57.5 Å². The average Bonchev–Trinajstić information content (AvgIpc) is 3.01. The Morgan fingerprint density at radius 1 is 1.46 bits per heavy atom. The molecule has 0 amide bonds. The van der Waals surface area contributed by atoms with E-state index >= 15 is 0 Å². The van der Waals surface area contributed by atoms with Gasteiger partial charge in [-0.3, -0.25) is 4.79 Å². The maximum absolute atomic E-state index is 12.1. The third kappa shape index (κ3) is 3.73. The highest BCUT2D eigenvalue weighted by Gasteiger charge is 2.49. The summed E-state index contributed by atoms with van der Waals surface area (Å²) < 4.78 is 0. The fourth-order valence-corrected chi connectivity index (χ4v) is 4.30. The summed E-state index contributed by atoms with van der Waals surface area (Å²) in [5.41, 5.74) is -0.213. The van der Waals surface area contributed by atoms with Gasteiger partial charge >= 0.3 is 0 Å². The smallest absolute Gasteiger partial charge is 0.161 e. The predicted molar refractivity (Wildman–Crippen MR) is 97.5 cm³/mol. The van der Waals surface area contributed by atoms with Crippen LogP contribution < -0.4 is 0 Å². The normalized spacial score (nSPS) is 33.7. The van der Waals surface area contributed by atoms with E-state index in [1.54, 1.807) is 6.08 Å². The van der Waals surface area contributed by atoms with Crippen LogP contribution in [0, 0.1) is 23.7 Å². The molecule has 0 spiro atoms. The Hall–Kier alpha value is -1.19. The largest absolute Gasteiger partial charge is 0.392 e. The maximum atomic E-state index is 12.1. The number of fused-ring (bicyclic) bond motifs is 1. The number of allylic oxidation sites excluding steroid dienone is 1. The standard InChI is InChI=1S/C21H32O3/c1-5-7-9-15(4)21(24,6-2)11-8-10-16-17-12-14(3)20(23)18(17)13-19(16)22/h6,8,10,15-19,22,24H,2-3,5,7,9,11-13H2,1,4H3/b10-8+/t15?,16-,17-,18-,19+,21?/m0/s1. The van der Waals surface area contributed by atoms with Gasteiger partial charge in [0.1, 0.15) is 0 Å². The lowest BCUT2D eigenvalue weighted by molar-refractivity contribution is -0.118. The minimum atomic E-state index is -0.913. The lowest BCUT2D eigenvalue weighted by atomic mass is 9.82. The predicted octanol–water partition coefficient (Wildman–Crippen LogP) is 3.82. The second-order valence-electron chi connectivity index (χ2n) is 7.69. The van der Waals surface area contributed by atoms with E-state index in [4.69, 9.17) is 0 Å². The number of unbranched alkanes of at least 4 members (excludes halogenated alkanes) is 1. The van der Waals surface area contributed by atoms with Crippen LogP contribution in [0.2, 0.25) is 0 Å². The van der Waals surface area contributed by atoms with Gasteiger partial charge in [0.2, 0.25) is 0 Å². The first-order valence-electron chi connectivity index (χ1n) is 9.26. The molecule has 2 aliphatic carbocycles. The summed E-state index contributed by atoms with van der Waals surface area (Å²) in [4.78, 5) is 12.1. The van der Waals surface area contributed by atoms with Gasteiger partial charge < -0.3 is 10.2 Å². The van der Waals surface area contributed by atoms with Gasteiger partial charge in [-0.25, -0.2) is 0 Å². The summed E-state index contributed by atoms with van der Waals surface area (Å²) >= 11 is 0. The van der Waals surface area contributed by atoms with E-state index in [1.165, 1.54) is 0 Å². The molecule has 0 saturated heterocycles. The number of hydrogen-bond acceptors (Lipinski definition) is 3. The molecular formula is C21H32O3. The Bertz CT molecular complexity index is 521. The van der Waals surface area contributed by atoms with Crippen LogP contribution in [0.1, 0.15) is 52.4 Å². The number of Topliss-reactive ketones (excluding diaryl/α,β-unsaturated/α-hetero) is 1. The third-order valence-electron chi connectivity index (χ3n) is 6.12. The summed E-state index contributed by atoms with van der Waals surface area (Å²) in [7, 11) is 0. The van der Waals surface area contributed by atoms with Crippen LogP contribution >= 0.6 is 0 Å². The second kappa shape index (κ2) is 7.79. The lowest BCUT2D eigenvalue weighted by Crippen LogP contribution is -2.33. The highest BCUT2D eigenvalue weighted by molar-refractivity contribution is 5.99. The van der Waals surface area contributed by atoms with Crippen molar-refractivity contribution >= 4 is 5.78 Å². The molecule has 6 atom stereocenters. The van der Waals surface area contributed by atoms with Crippen LogP contribution in [0.3, 0.4) is 0 Å². The minimum absolute atomic E-state index is 0.0155. The molecular weight excluding hydrogens is 300 g/mol. The Balaban J connectivity index is 2.00. The van der Waals surface area contributed by atoms with Gasteiger partial charge in [-0.2, -0.15) is 0 Å². The molecule has 2 rings (SSSR count). The third-order valence-corrected chi connectivity index (χ3v) is 6.12. The van der Waals surface area contributed by atoms with Crippen molar-refractivity contribution in [1.29, 1.82) is 0 Å². The lowest BCUT2D eigenvalue weighted by Gasteiger charge is -2.30. The van der Waals surface area contributed by atoms with Crippen molar-refractivity contribution in [3.63, 3.8) is 0 Å². The van der Waals surface area contributed by atoms with Gasteiger partial charge in [0.15, 0.2) is 5.78 Å². The van der Waals surface area contributed by atoms with E-state index in [0.29, 0.717) is 24.8 Å². The molecule has 2 fully saturated rings. The minimum Gasteiger partial charge on any atom is -0.392 e. The van der Waals surface area contributed by atoms with Crippen LogP contribution in [0.15, 0.2) is 37.0 Å². The highest BCUT2D eigenvalue weighted by atomic mass is 16.3. The number of ketones is 1. The number of rotatable bonds is 8. The Labute approximate surface area is 146 Å². The van der Waals surface area contributed by atoms with Crippen molar-refractivity contribution < 1.29 is 15.0 Å². The summed E-state index contributed by atoms with van der Waals surface area (Å²) in [5, 5.41) is 21.1. The Morgan fingerprint density at radius 2 is 2.17 bits per heavy atom. The molecule has 0 aromatic heterocycles. The fraction of sp³-hybridized carbons (Fsp3) is 0.667. The van der Waals surface area contributed by atoms with E-state index in [2.05, 4.69) is 27.0 Å². The van der Waals surface area contributed by atoms with Crippen molar-refractivity contribution in [2.75, 3.05) is 0 Å². The van der Waals surface area contributed by atoms with Gasteiger partial charge in [-0.15, -0.1) is 6.58 Å². The summed E-state index contributed by atoms with van der Waals surface area (Å²) in [6.45, 7) is 11.9. The number of carbonyl (C=O) groups is 1. The maximum Gasteiger partial charge on any atom is 0.161 e. The summed E-state index contributed by atoms with van der Waals surface area (Å²) in [5.74, 6) is 0.368. The number of carbonyl (C=O) groups excluding carboxylic acids is 1.